The highest BCUT2D eigenvalue weighted by Gasteiger charge is 2.57. The summed E-state index contributed by atoms with van der Waals surface area (Å²) in [5.41, 5.74) is 2.46. The van der Waals surface area contributed by atoms with Crippen molar-refractivity contribution in [3.8, 4) is 0 Å². The first-order valence-corrected chi connectivity index (χ1v) is 9.16. The van der Waals surface area contributed by atoms with Crippen molar-refractivity contribution in [2.75, 3.05) is 44.7 Å². The number of nitrogens with zero attached hydrogens (tertiary/aromatic N) is 1. The zero-order valence-electron chi connectivity index (χ0n) is 15.0. The Hall–Kier alpha value is -0.850. The smallest absolute Gasteiger partial charge is 0.228 e. The van der Waals surface area contributed by atoms with Gasteiger partial charge in [-0.25, -0.2) is 0 Å². The fraction of sp³-hybridized carbons (Fsp3) is 0.632. The van der Waals surface area contributed by atoms with Crippen molar-refractivity contribution in [1.82, 2.24) is 10.2 Å². The van der Waals surface area contributed by atoms with Gasteiger partial charge < -0.3 is 15.4 Å². The molecule has 0 bridgehead atoms. The molecule has 2 aliphatic heterocycles. The van der Waals surface area contributed by atoms with E-state index < -0.39 is 0 Å². The predicted octanol–water partition coefficient (Wildman–Crippen LogP) is 2.69. The van der Waals surface area contributed by atoms with Gasteiger partial charge in [0.05, 0.1) is 13.2 Å². The van der Waals surface area contributed by atoms with Crippen LogP contribution < -0.4 is 10.6 Å². The number of halogens is 2. The number of morpholine rings is 1. The Morgan fingerprint density at radius 3 is 2.62 bits per heavy atom. The van der Waals surface area contributed by atoms with Crippen LogP contribution >= 0.6 is 24.8 Å². The Morgan fingerprint density at radius 2 is 1.88 bits per heavy atom. The van der Waals surface area contributed by atoms with Crippen molar-refractivity contribution in [2.45, 2.75) is 25.8 Å². The molecule has 4 rings (SSSR count). The number of anilines is 1. The van der Waals surface area contributed by atoms with E-state index in [0.29, 0.717) is 0 Å². The van der Waals surface area contributed by atoms with Gasteiger partial charge in [-0.15, -0.1) is 24.8 Å². The number of hydrogen-bond acceptors (Lipinski definition) is 4. The topological polar surface area (TPSA) is 53.6 Å². The predicted molar refractivity (Wildman–Crippen MR) is 108 cm³/mol. The summed E-state index contributed by atoms with van der Waals surface area (Å²) in [6, 6.07) is 8.21. The number of para-hydroxylation sites is 1. The number of rotatable bonds is 4. The maximum Gasteiger partial charge on any atom is 0.228 e. The SMILES string of the molecule is Cl.Cl.O=C(Nc1ccccc1CN1CCOCC1)C1CC12CCNCC2. The molecule has 1 unspecified atom stereocenters. The Kier molecular flexibility index (Phi) is 7.74. The van der Waals surface area contributed by atoms with Crippen LogP contribution in [0.15, 0.2) is 24.3 Å². The molecule has 2 heterocycles. The number of ether oxygens (including phenoxy) is 1. The summed E-state index contributed by atoms with van der Waals surface area (Å²) in [6.45, 7) is 6.50. The summed E-state index contributed by atoms with van der Waals surface area (Å²) in [5.74, 6) is 0.419. The summed E-state index contributed by atoms with van der Waals surface area (Å²) in [5, 5.41) is 6.61. The van der Waals surface area contributed by atoms with Crippen molar-refractivity contribution in [3.05, 3.63) is 29.8 Å². The zero-order valence-corrected chi connectivity index (χ0v) is 16.7. The van der Waals surface area contributed by atoms with E-state index in [-0.39, 0.29) is 42.1 Å². The standard InChI is InChI=1S/C19H27N3O2.2ClH/c23-18(16-13-19(16)5-7-20-8-6-19)21-17-4-2-1-3-15(17)14-22-9-11-24-12-10-22;;/h1-4,16,20H,5-14H2,(H,21,23);2*1H. The number of hydrogen-bond donors (Lipinski definition) is 2. The molecule has 5 nitrogen and oxygen atoms in total. The molecule has 1 aromatic carbocycles. The monoisotopic (exact) mass is 401 g/mol. The van der Waals surface area contributed by atoms with Gasteiger partial charge in [-0.2, -0.15) is 0 Å². The van der Waals surface area contributed by atoms with E-state index in [1.807, 2.05) is 12.1 Å². The normalized spacial score (nSPS) is 24.2. The summed E-state index contributed by atoms with van der Waals surface area (Å²) in [4.78, 5) is 15.1. The molecular weight excluding hydrogens is 373 g/mol. The van der Waals surface area contributed by atoms with Gasteiger partial charge in [-0.1, -0.05) is 18.2 Å². The number of carbonyl (C=O) groups excluding carboxylic acids is 1. The number of piperidine rings is 1. The molecule has 2 N–H and O–H groups in total. The lowest BCUT2D eigenvalue weighted by atomic mass is 9.91. The van der Waals surface area contributed by atoms with Gasteiger partial charge in [0.2, 0.25) is 5.91 Å². The largest absolute Gasteiger partial charge is 0.379 e. The number of carbonyl (C=O) groups is 1. The first-order valence-electron chi connectivity index (χ1n) is 9.16. The van der Waals surface area contributed by atoms with Crippen LogP contribution in [0.25, 0.3) is 0 Å². The molecule has 1 amide bonds. The van der Waals surface area contributed by atoms with Crippen LogP contribution in [0.3, 0.4) is 0 Å². The molecule has 1 aliphatic carbocycles. The molecule has 3 aliphatic rings. The maximum absolute atomic E-state index is 12.7. The van der Waals surface area contributed by atoms with E-state index in [1.54, 1.807) is 0 Å². The van der Waals surface area contributed by atoms with Crippen molar-refractivity contribution in [3.63, 3.8) is 0 Å². The third kappa shape index (κ3) is 4.70. The van der Waals surface area contributed by atoms with Crippen LogP contribution in [-0.4, -0.2) is 50.2 Å². The van der Waals surface area contributed by atoms with E-state index in [2.05, 4.69) is 27.7 Å². The third-order valence-electron chi connectivity index (χ3n) is 5.88. The molecule has 26 heavy (non-hydrogen) atoms. The minimum atomic E-state index is 0. The van der Waals surface area contributed by atoms with Crippen molar-refractivity contribution < 1.29 is 9.53 Å². The second-order valence-electron chi connectivity index (χ2n) is 7.40. The molecule has 0 aromatic heterocycles. The number of benzene rings is 1. The lowest BCUT2D eigenvalue weighted by Gasteiger charge is -2.27. The molecule has 146 valence electrons. The van der Waals surface area contributed by atoms with Gasteiger partial charge in [0.15, 0.2) is 0 Å². The fourth-order valence-corrected chi connectivity index (χ4v) is 4.20. The van der Waals surface area contributed by atoms with Crippen LogP contribution in [-0.2, 0) is 16.1 Å². The van der Waals surface area contributed by atoms with Crippen molar-refractivity contribution in [2.24, 2.45) is 11.3 Å². The highest BCUT2D eigenvalue weighted by Crippen LogP contribution is 2.58. The summed E-state index contributed by atoms with van der Waals surface area (Å²) in [7, 11) is 0. The van der Waals surface area contributed by atoms with E-state index in [0.717, 1.165) is 70.9 Å². The van der Waals surface area contributed by atoms with E-state index in [1.165, 1.54) is 5.56 Å². The quantitative estimate of drug-likeness (QED) is 0.813. The zero-order chi connectivity index (χ0) is 16.4. The van der Waals surface area contributed by atoms with Crippen LogP contribution in [0.2, 0.25) is 0 Å². The first-order chi connectivity index (χ1) is 11.8. The van der Waals surface area contributed by atoms with Gasteiger partial charge in [-0.3, -0.25) is 9.69 Å². The average molecular weight is 402 g/mol. The third-order valence-corrected chi connectivity index (χ3v) is 5.88. The lowest BCUT2D eigenvalue weighted by Crippen LogP contribution is -2.36. The van der Waals surface area contributed by atoms with E-state index in [9.17, 15) is 4.79 Å². The van der Waals surface area contributed by atoms with Crippen LogP contribution in [0.4, 0.5) is 5.69 Å². The number of amides is 1. The minimum Gasteiger partial charge on any atom is -0.379 e. The minimum absolute atomic E-state index is 0. The average Bonchev–Trinajstić information content (AvgIpc) is 3.31. The summed E-state index contributed by atoms with van der Waals surface area (Å²) >= 11 is 0. The summed E-state index contributed by atoms with van der Waals surface area (Å²) in [6.07, 6.45) is 3.34. The molecule has 1 atom stereocenters. The van der Waals surface area contributed by atoms with Gasteiger partial charge in [0.1, 0.15) is 0 Å². The summed E-state index contributed by atoms with van der Waals surface area (Å²) < 4.78 is 5.42. The second-order valence-corrected chi connectivity index (χ2v) is 7.40. The first kappa shape index (κ1) is 21.5. The van der Waals surface area contributed by atoms with Crippen molar-refractivity contribution in [1.29, 1.82) is 0 Å². The van der Waals surface area contributed by atoms with Gasteiger partial charge >= 0.3 is 0 Å². The van der Waals surface area contributed by atoms with Gasteiger partial charge in [-0.05, 0) is 49.4 Å². The fourth-order valence-electron chi connectivity index (χ4n) is 4.20. The van der Waals surface area contributed by atoms with Gasteiger partial charge in [0.25, 0.3) is 0 Å². The van der Waals surface area contributed by atoms with Crippen LogP contribution in [0.1, 0.15) is 24.8 Å². The molecule has 1 spiro atoms. The van der Waals surface area contributed by atoms with Crippen LogP contribution in [0.5, 0.6) is 0 Å². The molecule has 3 fully saturated rings. The molecule has 0 radical (unpaired) electrons. The highest BCUT2D eigenvalue weighted by molar-refractivity contribution is 5.95. The van der Waals surface area contributed by atoms with Gasteiger partial charge in [0, 0.05) is 31.2 Å². The molecule has 2 saturated heterocycles. The van der Waals surface area contributed by atoms with E-state index >= 15 is 0 Å². The Morgan fingerprint density at radius 1 is 1.19 bits per heavy atom. The van der Waals surface area contributed by atoms with E-state index in [4.69, 9.17) is 4.74 Å². The Bertz CT molecular complexity index is 602. The Labute approximate surface area is 168 Å². The number of nitrogens with one attached hydrogen (secondary N) is 2. The molecular formula is C19H29Cl2N3O2. The maximum atomic E-state index is 12.7. The Balaban J connectivity index is 0.00000121. The molecule has 1 aromatic rings. The van der Waals surface area contributed by atoms with Crippen molar-refractivity contribution >= 4 is 36.4 Å². The molecule has 7 heteroatoms. The molecule has 1 saturated carbocycles. The highest BCUT2D eigenvalue weighted by atomic mass is 35.5. The lowest BCUT2D eigenvalue weighted by molar-refractivity contribution is -0.118. The van der Waals surface area contributed by atoms with Crippen LogP contribution in [0, 0.1) is 11.3 Å². The second kappa shape index (κ2) is 9.38.